The van der Waals surface area contributed by atoms with E-state index in [1.54, 1.807) is 0 Å². The highest BCUT2D eigenvalue weighted by molar-refractivity contribution is 6.20. The molecule has 0 aliphatic heterocycles. The highest BCUT2D eigenvalue weighted by Crippen LogP contribution is 2.37. The first-order chi connectivity index (χ1) is 7.47. The molecule has 0 saturated heterocycles. The molecule has 0 bridgehead atoms. The SMILES string of the molecule is CC(C)C1CCC(C)(OC(=O)C=[N+]=[N-])CC1. The van der Waals surface area contributed by atoms with Crippen molar-refractivity contribution in [2.75, 3.05) is 0 Å². The van der Waals surface area contributed by atoms with E-state index >= 15 is 0 Å². The van der Waals surface area contributed by atoms with E-state index in [1.807, 2.05) is 6.92 Å². The molecule has 0 atom stereocenters. The molecule has 1 fully saturated rings. The number of hydrogen-bond donors (Lipinski definition) is 0. The average Bonchev–Trinajstić information content (AvgIpc) is 2.17. The van der Waals surface area contributed by atoms with Crippen LogP contribution in [0.3, 0.4) is 0 Å². The van der Waals surface area contributed by atoms with Gasteiger partial charge in [-0.25, -0.2) is 4.79 Å². The number of rotatable bonds is 3. The minimum atomic E-state index is -0.562. The van der Waals surface area contributed by atoms with Crippen molar-refractivity contribution in [1.82, 2.24) is 0 Å². The van der Waals surface area contributed by atoms with E-state index in [0.717, 1.165) is 37.8 Å². The van der Waals surface area contributed by atoms with Crippen LogP contribution in [0.4, 0.5) is 0 Å². The van der Waals surface area contributed by atoms with Crippen molar-refractivity contribution in [2.45, 2.75) is 52.1 Å². The molecule has 0 N–H and O–H groups in total. The summed E-state index contributed by atoms with van der Waals surface area (Å²) in [7, 11) is 0. The van der Waals surface area contributed by atoms with Crippen LogP contribution in [0.1, 0.15) is 46.5 Å². The van der Waals surface area contributed by atoms with E-state index in [1.165, 1.54) is 0 Å². The van der Waals surface area contributed by atoms with E-state index in [9.17, 15) is 4.79 Å². The van der Waals surface area contributed by atoms with Crippen molar-refractivity contribution in [3.05, 3.63) is 5.53 Å². The molecule has 1 saturated carbocycles. The van der Waals surface area contributed by atoms with Gasteiger partial charge >= 0.3 is 12.2 Å². The summed E-state index contributed by atoms with van der Waals surface area (Å²) in [6.45, 7) is 6.42. The zero-order valence-corrected chi connectivity index (χ0v) is 10.3. The highest BCUT2D eigenvalue weighted by Gasteiger charge is 2.35. The average molecular weight is 224 g/mol. The second-order valence-electron chi connectivity index (χ2n) is 5.20. The second kappa shape index (κ2) is 5.26. The van der Waals surface area contributed by atoms with Gasteiger partial charge in [-0.3, -0.25) is 0 Å². The maximum Gasteiger partial charge on any atom is 0.414 e. The lowest BCUT2D eigenvalue weighted by molar-refractivity contribution is -0.156. The molecule has 0 radical (unpaired) electrons. The van der Waals surface area contributed by atoms with Crippen LogP contribution in [0, 0.1) is 11.8 Å². The Hall–Kier alpha value is -1.15. The number of ether oxygens (including phenoxy) is 1. The van der Waals surface area contributed by atoms with E-state index in [4.69, 9.17) is 10.3 Å². The van der Waals surface area contributed by atoms with Gasteiger partial charge in [0.2, 0.25) is 0 Å². The van der Waals surface area contributed by atoms with Gasteiger partial charge in [-0.2, -0.15) is 4.79 Å². The third-order valence-electron chi connectivity index (χ3n) is 3.54. The Kier molecular flexibility index (Phi) is 4.25. The summed E-state index contributed by atoms with van der Waals surface area (Å²) in [5.74, 6) is 0.866. The number of esters is 1. The fourth-order valence-electron chi connectivity index (χ4n) is 2.34. The van der Waals surface area contributed by atoms with Gasteiger partial charge in [0.15, 0.2) is 0 Å². The fraction of sp³-hybridized carbons (Fsp3) is 0.833. The molecular weight excluding hydrogens is 204 g/mol. The molecule has 4 heteroatoms. The van der Waals surface area contributed by atoms with Gasteiger partial charge in [-0.05, 0) is 44.4 Å². The molecular formula is C12H20N2O2. The molecule has 0 aromatic carbocycles. The fourth-order valence-corrected chi connectivity index (χ4v) is 2.34. The third-order valence-corrected chi connectivity index (χ3v) is 3.54. The Balaban J connectivity index is 2.50. The molecule has 4 nitrogen and oxygen atoms in total. The molecule has 16 heavy (non-hydrogen) atoms. The molecule has 90 valence electrons. The lowest BCUT2D eigenvalue weighted by Crippen LogP contribution is -2.37. The van der Waals surface area contributed by atoms with Gasteiger partial charge in [-0.15, -0.1) is 0 Å². The monoisotopic (exact) mass is 224 g/mol. The first-order valence-corrected chi connectivity index (χ1v) is 5.87. The third kappa shape index (κ3) is 3.46. The smallest absolute Gasteiger partial charge is 0.414 e. The Bertz CT molecular complexity index is 298. The normalized spacial score (nSPS) is 29.6. The summed E-state index contributed by atoms with van der Waals surface area (Å²) in [5.41, 5.74) is 7.85. The number of carbonyl (C=O) groups excluding carboxylic acids is 1. The first kappa shape index (κ1) is 12.9. The predicted molar refractivity (Wildman–Crippen MR) is 61.0 cm³/mol. The minimum Gasteiger partial charge on any atom is -0.451 e. The Labute approximate surface area is 96.6 Å². The highest BCUT2D eigenvalue weighted by atomic mass is 16.6. The van der Waals surface area contributed by atoms with Crippen LogP contribution < -0.4 is 0 Å². The van der Waals surface area contributed by atoms with Crippen LogP contribution in [0.25, 0.3) is 5.53 Å². The summed E-state index contributed by atoms with van der Waals surface area (Å²) < 4.78 is 5.30. The molecule has 0 unspecified atom stereocenters. The molecule has 0 spiro atoms. The Morgan fingerprint density at radius 1 is 1.50 bits per heavy atom. The lowest BCUT2D eigenvalue weighted by Gasteiger charge is -2.37. The van der Waals surface area contributed by atoms with Gasteiger partial charge in [0.1, 0.15) is 5.60 Å². The number of carbonyl (C=O) groups is 1. The largest absolute Gasteiger partial charge is 0.451 e. The van der Waals surface area contributed by atoms with Crippen molar-refractivity contribution >= 4 is 12.2 Å². The zero-order valence-electron chi connectivity index (χ0n) is 10.3. The number of nitrogens with zero attached hydrogens (tertiary/aromatic N) is 2. The lowest BCUT2D eigenvalue weighted by atomic mass is 9.75. The Morgan fingerprint density at radius 3 is 2.50 bits per heavy atom. The standard InChI is InChI=1S/C12H20N2O2/c1-9(2)10-4-6-12(3,7-5-10)16-11(15)8-14-13/h8-10H,4-7H2,1-3H3. The minimum absolute atomic E-state index is 0.385. The maximum absolute atomic E-state index is 11.2. The molecule has 1 aliphatic rings. The summed E-state index contributed by atoms with van der Waals surface area (Å²) in [6, 6.07) is 0. The molecule has 1 rings (SSSR count). The van der Waals surface area contributed by atoms with Crippen molar-refractivity contribution in [2.24, 2.45) is 11.8 Å². The van der Waals surface area contributed by atoms with E-state index in [0.29, 0.717) is 5.92 Å². The molecule has 0 aromatic rings. The van der Waals surface area contributed by atoms with Crippen molar-refractivity contribution < 1.29 is 14.3 Å². The molecule has 0 aromatic heterocycles. The molecule has 1 aliphatic carbocycles. The summed E-state index contributed by atoms with van der Waals surface area (Å²) in [6.07, 6.45) is 4.77. The van der Waals surface area contributed by atoms with E-state index < -0.39 is 5.97 Å². The van der Waals surface area contributed by atoms with Crippen LogP contribution in [-0.4, -0.2) is 22.6 Å². The Morgan fingerprint density at radius 2 is 2.06 bits per heavy atom. The van der Waals surface area contributed by atoms with Crippen LogP contribution >= 0.6 is 0 Å². The summed E-state index contributed by atoms with van der Waals surface area (Å²) in [4.78, 5) is 13.9. The van der Waals surface area contributed by atoms with Crippen LogP contribution in [0.5, 0.6) is 0 Å². The first-order valence-electron chi connectivity index (χ1n) is 5.87. The van der Waals surface area contributed by atoms with Crippen molar-refractivity contribution in [3.63, 3.8) is 0 Å². The summed E-state index contributed by atoms with van der Waals surface area (Å²) in [5, 5.41) is 0. The van der Waals surface area contributed by atoms with Crippen molar-refractivity contribution in [1.29, 1.82) is 0 Å². The zero-order chi connectivity index (χ0) is 12.2. The van der Waals surface area contributed by atoms with Gasteiger partial charge in [-0.1, -0.05) is 13.8 Å². The summed E-state index contributed by atoms with van der Waals surface area (Å²) >= 11 is 0. The second-order valence-corrected chi connectivity index (χ2v) is 5.20. The van der Waals surface area contributed by atoms with Gasteiger partial charge in [0.25, 0.3) is 0 Å². The maximum atomic E-state index is 11.2. The van der Waals surface area contributed by atoms with Gasteiger partial charge in [0, 0.05) is 0 Å². The molecule has 0 amide bonds. The van der Waals surface area contributed by atoms with E-state index in [2.05, 4.69) is 18.6 Å². The van der Waals surface area contributed by atoms with Crippen LogP contribution in [0.15, 0.2) is 0 Å². The quantitative estimate of drug-likeness (QED) is 0.320. The van der Waals surface area contributed by atoms with Crippen LogP contribution in [-0.2, 0) is 9.53 Å². The van der Waals surface area contributed by atoms with Gasteiger partial charge < -0.3 is 10.3 Å². The van der Waals surface area contributed by atoms with Crippen LogP contribution in [0.2, 0.25) is 0 Å². The molecule has 0 heterocycles. The van der Waals surface area contributed by atoms with E-state index in [-0.39, 0.29) is 5.60 Å². The predicted octanol–water partition coefficient (Wildman–Crippen LogP) is 2.44. The number of hydrogen-bond acceptors (Lipinski definition) is 2. The topological polar surface area (TPSA) is 62.7 Å². The van der Waals surface area contributed by atoms with Crippen molar-refractivity contribution in [3.8, 4) is 0 Å². The van der Waals surface area contributed by atoms with Gasteiger partial charge in [0.05, 0.1) is 0 Å².